The molecule has 0 atom stereocenters. The van der Waals surface area contributed by atoms with Gasteiger partial charge in [-0.3, -0.25) is 9.89 Å². The zero-order valence-electron chi connectivity index (χ0n) is 14.0. The number of nitrogens with zero attached hydrogens (tertiary/aromatic N) is 2. The van der Waals surface area contributed by atoms with Crippen molar-refractivity contribution >= 4 is 22.6 Å². The van der Waals surface area contributed by atoms with Crippen LogP contribution < -0.4 is 5.32 Å². The van der Waals surface area contributed by atoms with Crippen LogP contribution in [0.15, 0.2) is 60.7 Å². The highest BCUT2D eigenvalue weighted by molar-refractivity contribution is 5.92. The molecule has 5 nitrogen and oxygen atoms in total. The summed E-state index contributed by atoms with van der Waals surface area (Å²) in [6, 6.07) is 17.6. The van der Waals surface area contributed by atoms with Crippen molar-refractivity contribution in [2.45, 2.75) is 6.92 Å². The van der Waals surface area contributed by atoms with Crippen LogP contribution in [0.2, 0.25) is 0 Å². The van der Waals surface area contributed by atoms with E-state index in [9.17, 15) is 9.18 Å². The highest BCUT2D eigenvalue weighted by Crippen LogP contribution is 2.28. The number of fused-ring (bicyclic) bond motifs is 1. The van der Waals surface area contributed by atoms with Crippen molar-refractivity contribution in [3.63, 3.8) is 0 Å². The molecule has 2 N–H and O–H groups in total. The van der Waals surface area contributed by atoms with E-state index < -0.39 is 0 Å². The summed E-state index contributed by atoms with van der Waals surface area (Å²) < 4.78 is 13.5. The number of hydrogen-bond acceptors (Lipinski definition) is 3. The van der Waals surface area contributed by atoms with Crippen molar-refractivity contribution in [2.75, 3.05) is 5.32 Å². The Morgan fingerprint density at radius 3 is 2.65 bits per heavy atom. The number of hydrogen-bond donors (Lipinski definition) is 2. The molecule has 1 amide bonds. The molecule has 0 fully saturated rings. The number of aromatic amines is 1. The average molecular weight is 346 g/mol. The summed E-state index contributed by atoms with van der Waals surface area (Å²) in [4.78, 5) is 15.8. The van der Waals surface area contributed by atoms with E-state index in [0.29, 0.717) is 11.3 Å². The number of amides is 1. The van der Waals surface area contributed by atoms with E-state index in [2.05, 4.69) is 20.5 Å². The number of anilines is 1. The third-order valence-corrected chi connectivity index (χ3v) is 4.01. The summed E-state index contributed by atoms with van der Waals surface area (Å²) in [7, 11) is 0. The van der Waals surface area contributed by atoms with Gasteiger partial charge < -0.3 is 5.32 Å². The lowest BCUT2D eigenvalue weighted by Crippen LogP contribution is -2.05. The Balaban J connectivity index is 1.75. The molecule has 2 aromatic heterocycles. The highest BCUT2D eigenvalue weighted by Gasteiger charge is 2.11. The minimum Gasteiger partial charge on any atom is -0.326 e. The van der Waals surface area contributed by atoms with Gasteiger partial charge in [0.25, 0.3) is 0 Å². The maximum absolute atomic E-state index is 13.5. The summed E-state index contributed by atoms with van der Waals surface area (Å²) in [6.07, 6.45) is 0. The Morgan fingerprint density at radius 2 is 1.85 bits per heavy atom. The second kappa shape index (κ2) is 6.40. The van der Waals surface area contributed by atoms with Gasteiger partial charge in [-0.25, -0.2) is 9.37 Å². The molecule has 0 saturated heterocycles. The van der Waals surface area contributed by atoms with Crippen LogP contribution in [-0.2, 0) is 4.79 Å². The molecule has 2 aromatic carbocycles. The predicted molar refractivity (Wildman–Crippen MR) is 99.0 cm³/mol. The number of benzene rings is 2. The molecule has 0 aliphatic rings. The first-order valence-corrected chi connectivity index (χ1v) is 8.09. The monoisotopic (exact) mass is 346 g/mol. The van der Waals surface area contributed by atoms with Crippen molar-refractivity contribution in [1.82, 2.24) is 15.2 Å². The third kappa shape index (κ3) is 3.04. The second-order valence-corrected chi connectivity index (χ2v) is 5.94. The first kappa shape index (κ1) is 16.0. The topological polar surface area (TPSA) is 70.7 Å². The number of rotatable bonds is 3. The van der Waals surface area contributed by atoms with Gasteiger partial charge in [-0.1, -0.05) is 24.3 Å². The Kier molecular flexibility index (Phi) is 3.93. The minimum atomic E-state index is -0.301. The summed E-state index contributed by atoms with van der Waals surface area (Å²) in [5.74, 6) is -0.429. The van der Waals surface area contributed by atoms with Gasteiger partial charge in [0.1, 0.15) is 5.82 Å². The molecule has 0 saturated carbocycles. The summed E-state index contributed by atoms with van der Waals surface area (Å²) in [5.41, 5.74) is 4.31. The van der Waals surface area contributed by atoms with Crippen LogP contribution in [0.4, 0.5) is 10.1 Å². The third-order valence-electron chi connectivity index (χ3n) is 4.01. The number of aromatic nitrogens is 3. The van der Waals surface area contributed by atoms with Crippen molar-refractivity contribution < 1.29 is 9.18 Å². The fourth-order valence-electron chi connectivity index (χ4n) is 2.88. The SMILES string of the molecule is CC(=O)Nc1cccc(-c2ccc3c(-c4cccc(F)c4)[nH]nc3n2)c1. The normalized spacial score (nSPS) is 10.8. The Bertz CT molecular complexity index is 1120. The standard InChI is InChI=1S/C20H15FN4O/c1-12(26)22-16-7-3-4-13(11-16)18-9-8-17-19(24-25-20(17)23-18)14-5-2-6-15(21)10-14/h2-11H,1H3,(H,22,26)(H,23,24,25). The van der Waals surface area contributed by atoms with E-state index in [4.69, 9.17) is 0 Å². The van der Waals surface area contributed by atoms with Crippen LogP contribution in [0, 0.1) is 5.82 Å². The Morgan fingerprint density at radius 1 is 1.04 bits per heavy atom. The molecule has 4 rings (SSSR count). The van der Waals surface area contributed by atoms with Gasteiger partial charge in [-0.2, -0.15) is 5.10 Å². The van der Waals surface area contributed by atoms with E-state index in [0.717, 1.165) is 27.9 Å². The van der Waals surface area contributed by atoms with Gasteiger partial charge in [-0.15, -0.1) is 0 Å². The van der Waals surface area contributed by atoms with E-state index in [-0.39, 0.29) is 11.7 Å². The molecule has 128 valence electrons. The fourth-order valence-corrected chi connectivity index (χ4v) is 2.88. The maximum atomic E-state index is 13.5. The van der Waals surface area contributed by atoms with E-state index in [1.807, 2.05) is 42.5 Å². The number of nitrogens with one attached hydrogen (secondary N) is 2. The van der Waals surface area contributed by atoms with Gasteiger partial charge in [0.15, 0.2) is 5.65 Å². The van der Waals surface area contributed by atoms with Crippen LogP contribution in [0.1, 0.15) is 6.92 Å². The molecule has 2 heterocycles. The number of carbonyl (C=O) groups excluding carboxylic acids is 1. The van der Waals surface area contributed by atoms with Gasteiger partial charge >= 0.3 is 0 Å². The average Bonchev–Trinajstić information content (AvgIpc) is 3.04. The zero-order valence-corrected chi connectivity index (χ0v) is 14.0. The molecule has 0 spiro atoms. The molecular formula is C20H15FN4O. The zero-order chi connectivity index (χ0) is 18.1. The van der Waals surface area contributed by atoms with Crippen LogP contribution in [0.3, 0.4) is 0 Å². The first-order chi connectivity index (χ1) is 12.6. The van der Waals surface area contributed by atoms with Crippen LogP contribution in [-0.4, -0.2) is 21.1 Å². The molecule has 0 radical (unpaired) electrons. The second-order valence-electron chi connectivity index (χ2n) is 5.94. The molecule has 4 aromatic rings. The van der Waals surface area contributed by atoms with Crippen LogP contribution in [0.5, 0.6) is 0 Å². The predicted octanol–water partition coefficient (Wildman–Crippen LogP) is 4.39. The molecule has 0 unspecified atom stereocenters. The smallest absolute Gasteiger partial charge is 0.221 e. The molecule has 26 heavy (non-hydrogen) atoms. The van der Waals surface area contributed by atoms with Crippen molar-refractivity contribution in [3.8, 4) is 22.5 Å². The van der Waals surface area contributed by atoms with Crippen molar-refractivity contribution in [2.24, 2.45) is 0 Å². The Hall–Kier alpha value is -3.54. The fraction of sp³-hybridized carbons (Fsp3) is 0.0500. The highest BCUT2D eigenvalue weighted by atomic mass is 19.1. The van der Waals surface area contributed by atoms with E-state index in [1.165, 1.54) is 19.1 Å². The summed E-state index contributed by atoms with van der Waals surface area (Å²) in [5, 5.41) is 10.8. The minimum absolute atomic E-state index is 0.127. The lowest BCUT2D eigenvalue weighted by Gasteiger charge is -2.05. The quantitative estimate of drug-likeness (QED) is 0.578. The first-order valence-electron chi connectivity index (χ1n) is 8.09. The Labute approximate surface area is 148 Å². The molecule has 0 aliphatic heterocycles. The largest absolute Gasteiger partial charge is 0.326 e. The summed E-state index contributed by atoms with van der Waals surface area (Å²) >= 11 is 0. The number of pyridine rings is 1. The van der Waals surface area contributed by atoms with Crippen molar-refractivity contribution in [1.29, 1.82) is 0 Å². The van der Waals surface area contributed by atoms with Gasteiger partial charge in [-0.05, 0) is 36.4 Å². The van der Waals surface area contributed by atoms with Gasteiger partial charge in [0.05, 0.1) is 11.4 Å². The molecule has 0 aliphatic carbocycles. The van der Waals surface area contributed by atoms with E-state index in [1.54, 1.807) is 6.07 Å². The summed E-state index contributed by atoms with van der Waals surface area (Å²) in [6.45, 7) is 1.47. The molecule has 6 heteroatoms. The van der Waals surface area contributed by atoms with Gasteiger partial charge in [0, 0.05) is 29.1 Å². The maximum Gasteiger partial charge on any atom is 0.221 e. The van der Waals surface area contributed by atoms with Crippen LogP contribution in [0.25, 0.3) is 33.5 Å². The van der Waals surface area contributed by atoms with Crippen LogP contribution >= 0.6 is 0 Å². The number of H-pyrrole nitrogens is 1. The number of halogens is 1. The number of carbonyl (C=O) groups is 1. The van der Waals surface area contributed by atoms with Crippen molar-refractivity contribution in [3.05, 3.63) is 66.5 Å². The van der Waals surface area contributed by atoms with E-state index >= 15 is 0 Å². The lowest BCUT2D eigenvalue weighted by molar-refractivity contribution is -0.114. The molecular weight excluding hydrogens is 331 g/mol. The van der Waals surface area contributed by atoms with Gasteiger partial charge in [0.2, 0.25) is 5.91 Å². The lowest BCUT2D eigenvalue weighted by atomic mass is 10.1. The molecule has 0 bridgehead atoms.